The summed E-state index contributed by atoms with van der Waals surface area (Å²) in [5.74, 6) is 3.00. The van der Waals surface area contributed by atoms with Crippen LogP contribution in [-0.4, -0.2) is 38.2 Å². The summed E-state index contributed by atoms with van der Waals surface area (Å²) in [7, 11) is 0. The maximum Gasteiger partial charge on any atom is 0.162 e. The standard InChI is InChI=1S/C52H34N4.C46H30N4/c1-4-14-35(15-5-1)37-24-28-39(29-25-37)46-33-51(54-52(53-46)40-30-26-38(27-31-40)36-16-6-2-7-17-36)56-48-23-13-11-21-43(48)45-32-44-42-20-10-12-22-47(42)55(49(44)34-50(45)56)41-18-8-3-9-19-41;1-4-15-31(16-5-1)33-19-14-20-34(27-33)46-47-40(32-17-6-2-7-18-32)29-45(48-46)50-42-26-13-11-24-37(42)39-28-38-36-23-10-12-25-41(36)49(43(38)30-44(39)50)35-21-8-3-9-22-35/h1-34H;1-30H. The van der Waals surface area contributed by atoms with Crippen LogP contribution in [0.15, 0.2) is 388 Å². The maximum absolute atomic E-state index is 5.39. The number of nitrogens with zero attached hydrogens (tertiary/aromatic N) is 8. The van der Waals surface area contributed by atoms with Gasteiger partial charge in [0.2, 0.25) is 0 Å². The van der Waals surface area contributed by atoms with Crippen LogP contribution in [0.2, 0.25) is 0 Å². The first-order valence-corrected chi connectivity index (χ1v) is 35.9. The van der Waals surface area contributed by atoms with Gasteiger partial charge in [-0.2, -0.15) is 0 Å². The van der Waals surface area contributed by atoms with Crippen molar-refractivity contribution in [1.82, 2.24) is 38.2 Å². The quantitative estimate of drug-likeness (QED) is 0.129. The lowest BCUT2D eigenvalue weighted by Gasteiger charge is -2.13. The van der Waals surface area contributed by atoms with Crippen LogP contribution in [0.25, 0.3) is 189 Å². The molecule has 0 bridgehead atoms. The molecule has 106 heavy (non-hydrogen) atoms. The lowest BCUT2D eigenvalue weighted by Crippen LogP contribution is -2.03. The van der Waals surface area contributed by atoms with Crippen LogP contribution in [0.4, 0.5) is 0 Å². The molecule has 0 unspecified atom stereocenters. The molecule has 15 aromatic carbocycles. The van der Waals surface area contributed by atoms with Crippen molar-refractivity contribution in [1.29, 1.82) is 0 Å². The Morgan fingerprint density at radius 3 is 0.830 bits per heavy atom. The molecule has 0 spiro atoms. The molecule has 0 aliphatic heterocycles. The van der Waals surface area contributed by atoms with Crippen molar-refractivity contribution in [3.63, 3.8) is 0 Å². The van der Waals surface area contributed by atoms with Gasteiger partial charge in [-0.25, -0.2) is 19.9 Å². The van der Waals surface area contributed by atoms with Gasteiger partial charge in [0.25, 0.3) is 0 Å². The average Bonchev–Trinajstić information content (AvgIpc) is 1.56. The zero-order valence-electron chi connectivity index (χ0n) is 57.5. The number of hydrogen-bond acceptors (Lipinski definition) is 4. The van der Waals surface area contributed by atoms with Gasteiger partial charge < -0.3 is 9.13 Å². The van der Waals surface area contributed by atoms with Gasteiger partial charge in [-0.3, -0.25) is 9.13 Å². The Labute approximate surface area is 611 Å². The number of hydrogen-bond donors (Lipinski definition) is 0. The highest BCUT2D eigenvalue weighted by atomic mass is 15.1. The molecule has 496 valence electrons. The molecule has 0 atom stereocenters. The summed E-state index contributed by atoms with van der Waals surface area (Å²) in [4.78, 5) is 21.2. The molecule has 21 aromatic rings. The Balaban J connectivity index is 0.000000141. The van der Waals surface area contributed by atoms with Crippen LogP contribution in [0.3, 0.4) is 0 Å². The Bertz CT molecular complexity index is 6780. The molecule has 21 rings (SSSR count). The molecule has 0 aliphatic carbocycles. The highest BCUT2D eigenvalue weighted by Crippen LogP contribution is 2.43. The third-order valence-electron chi connectivity index (χ3n) is 20.7. The van der Waals surface area contributed by atoms with Crippen molar-refractivity contribution in [3.05, 3.63) is 388 Å². The topological polar surface area (TPSA) is 71.3 Å². The van der Waals surface area contributed by atoms with Gasteiger partial charge in [0.15, 0.2) is 11.6 Å². The van der Waals surface area contributed by atoms with E-state index in [1.807, 2.05) is 18.2 Å². The predicted octanol–water partition coefficient (Wildman–Crippen LogP) is 25.0. The van der Waals surface area contributed by atoms with Gasteiger partial charge >= 0.3 is 0 Å². The van der Waals surface area contributed by atoms with E-state index in [1.54, 1.807) is 0 Å². The predicted molar refractivity (Wildman–Crippen MR) is 439 cm³/mol. The van der Waals surface area contributed by atoms with E-state index in [2.05, 4.69) is 388 Å². The Kier molecular flexibility index (Phi) is 15.0. The monoisotopic (exact) mass is 1350 g/mol. The number of benzene rings is 15. The van der Waals surface area contributed by atoms with E-state index >= 15 is 0 Å². The summed E-state index contributed by atoms with van der Waals surface area (Å²) in [6.07, 6.45) is 0. The summed E-state index contributed by atoms with van der Waals surface area (Å²) in [6.45, 7) is 0. The Morgan fingerprint density at radius 2 is 0.425 bits per heavy atom. The second-order valence-corrected chi connectivity index (χ2v) is 26.9. The first-order chi connectivity index (χ1) is 52.6. The first kappa shape index (κ1) is 61.5. The molecular weight excluding hydrogens is 1290 g/mol. The molecule has 0 amide bonds. The molecule has 8 nitrogen and oxygen atoms in total. The largest absolute Gasteiger partial charge is 0.309 e. The summed E-state index contributed by atoms with van der Waals surface area (Å²) in [6, 6.07) is 137. The fraction of sp³-hybridized carbons (Fsp3) is 0. The average molecular weight is 1350 g/mol. The molecule has 8 heteroatoms. The first-order valence-electron chi connectivity index (χ1n) is 35.9. The van der Waals surface area contributed by atoms with Crippen LogP contribution < -0.4 is 0 Å². The highest BCUT2D eigenvalue weighted by Gasteiger charge is 2.24. The van der Waals surface area contributed by atoms with E-state index in [0.717, 1.165) is 106 Å². The third kappa shape index (κ3) is 10.8. The number of rotatable bonds is 11. The molecule has 6 heterocycles. The van der Waals surface area contributed by atoms with Crippen LogP contribution in [0.1, 0.15) is 0 Å². The van der Waals surface area contributed by atoms with E-state index < -0.39 is 0 Å². The summed E-state index contributed by atoms with van der Waals surface area (Å²) >= 11 is 0. The van der Waals surface area contributed by atoms with Crippen molar-refractivity contribution in [2.24, 2.45) is 0 Å². The number of aromatic nitrogens is 8. The number of fused-ring (bicyclic) bond motifs is 12. The second-order valence-electron chi connectivity index (χ2n) is 26.9. The zero-order valence-corrected chi connectivity index (χ0v) is 57.5. The van der Waals surface area contributed by atoms with Gasteiger partial charge in [0, 0.05) is 88.9 Å². The molecule has 0 saturated heterocycles. The van der Waals surface area contributed by atoms with Gasteiger partial charge in [-0.15, -0.1) is 0 Å². The van der Waals surface area contributed by atoms with Gasteiger partial charge in [-0.1, -0.05) is 297 Å². The van der Waals surface area contributed by atoms with E-state index in [9.17, 15) is 0 Å². The van der Waals surface area contributed by atoms with E-state index in [4.69, 9.17) is 19.9 Å². The van der Waals surface area contributed by atoms with Crippen molar-refractivity contribution in [3.8, 4) is 102 Å². The molecule has 0 radical (unpaired) electrons. The van der Waals surface area contributed by atoms with E-state index in [1.165, 1.54) is 70.8 Å². The highest BCUT2D eigenvalue weighted by molar-refractivity contribution is 6.21. The van der Waals surface area contributed by atoms with Crippen LogP contribution in [0, 0.1) is 0 Å². The van der Waals surface area contributed by atoms with E-state index in [-0.39, 0.29) is 0 Å². The Morgan fingerprint density at radius 1 is 0.151 bits per heavy atom. The van der Waals surface area contributed by atoms with Crippen LogP contribution >= 0.6 is 0 Å². The van der Waals surface area contributed by atoms with Gasteiger partial charge in [0.1, 0.15) is 11.6 Å². The van der Waals surface area contributed by atoms with Crippen LogP contribution in [0.5, 0.6) is 0 Å². The summed E-state index contributed by atoms with van der Waals surface area (Å²) in [5, 5.41) is 9.66. The van der Waals surface area contributed by atoms with Gasteiger partial charge in [0.05, 0.1) is 55.5 Å². The maximum atomic E-state index is 5.39. The normalized spacial score (nSPS) is 11.6. The van der Waals surface area contributed by atoms with E-state index in [0.29, 0.717) is 11.6 Å². The van der Waals surface area contributed by atoms with Crippen LogP contribution in [-0.2, 0) is 0 Å². The molecule has 0 fully saturated rings. The van der Waals surface area contributed by atoms with Crippen molar-refractivity contribution < 1.29 is 0 Å². The minimum absolute atomic E-state index is 0.676. The molecule has 0 N–H and O–H groups in total. The summed E-state index contributed by atoms with van der Waals surface area (Å²) in [5.41, 5.74) is 24.0. The zero-order chi connectivity index (χ0) is 70.0. The van der Waals surface area contributed by atoms with Crippen molar-refractivity contribution in [2.75, 3.05) is 0 Å². The minimum Gasteiger partial charge on any atom is -0.309 e. The SMILES string of the molecule is c1ccc(-c2ccc(-c3cc(-n4c5ccccc5c5cc6c7ccccc7n(-c7ccccc7)c6cc54)nc(-c4ccc(-c5ccccc5)cc4)n3)cc2)cc1.c1ccc(-c2cccc(-c3nc(-c4ccccc4)cc(-n4c5ccccc5c5cc6c7ccccc7n(-c7ccccc7)c6cc54)n3)c2)cc1. The van der Waals surface area contributed by atoms with Crippen molar-refractivity contribution >= 4 is 87.2 Å². The molecule has 0 saturated carbocycles. The molecule has 6 aromatic heterocycles. The smallest absolute Gasteiger partial charge is 0.162 e. The minimum atomic E-state index is 0.676. The second kappa shape index (κ2) is 25.9. The van der Waals surface area contributed by atoms with Gasteiger partial charge in [-0.05, 0) is 112 Å². The number of para-hydroxylation sites is 6. The third-order valence-corrected chi connectivity index (χ3v) is 20.7. The molecular formula is C98H64N8. The lowest BCUT2D eigenvalue weighted by molar-refractivity contribution is 1.05. The lowest BCUT2D eigenvalue weighted by atomic mass is 10.0. The molecule has 0 aliphatic rings. The summed E-state index contributed by atoms with van der Waals surface area (Å²) < 4.78 is 9.39. The fourth-order valence-electron chi connectivity index (χ4n) is 15.7. The fourth-order valence-corrected chi connectivity index (χ4v) is 15.7. The Hall–Kier alpha value is -14.3. The van der Waals surface area contributed by atoms with Crippen molar-refractivity contribution in [2.45, 2.75) is 0 Å².